The molecule has 3 heterocycles. The van der Waals surface area contributed by atoms with Gasteiger partial charge in [-0.15, -0.1) is 0 Å². The normalized spacial score (nSPS) is 21.8. The predicted octanol–water partition coefficient (Wildman–Crippen LogP) is 0.760. The van der Waals surface area contributed by atoms with E-state index in [-0.39, 0.29) is 17.5 Å². The Labute approximate surface area is 117 Å². The van der Waals surface area contributed by atoms with E-state index in [0.717, 1.165) is 6.42 Å². The van der Waals surface area contributed by atoms with E-state index < -0.39 is 9.84 Å². The van der Waals surface area contributed by atoms with Crippen molar-refractivity contribution in [1.82, 2.24) is 14.4 Å². The van der Waals surface area contributed by atoms with Gasteiger partial charge < -0.3 is 15.0 Å². The molecule has 1 aliphatic heterocycles. The van der Waals surface area contributed by atoms with Gasteiger partial charge in [0.2, 0.25) is 0 Å². The second-order valence-electron chi connectivity index (χ2n) is 4.98. The number of nitrogens with zero attached hydrogens (tertiary/aromatic N) is 3. The van der Waals surface area contributed by atoms with Gasteiger partial charge >= 0.3 is 0 Å². The van der Waals surface area contributed by atoms with Crippen molar-refractivity contribution < 1.29 is 8.42 Å². The van der Waals surface area contributed by atoms with Gasteiger partial charge in [-0.1, -0.05) is 0 Å². The second-order valence-corrected chi connectivity index (χ2v) is 7.21. The van der Waals surface area contributed by atoms with E-state index in [1.54, 1.807) is 13.2 Å². The van der Waals surface area contributed by atoms with Crippen LogP contribution >= 0.6 is 0 Å². The van der Waals surface area contributed by atoms with Crippen LogP contribution in [0.15, 0.2) is 18.6 Å². The Morgan fingerprint density at radius 2 is 2.30 bits per heavy atom. The van der Waals surface area contributed by atoms with Crippen LogP contribution in [-0.4, -0.2) is 47.4 Å². The van der Waals surface area contributed by atoms with Crippen LogP contribution in [-0.2, 0) is 9.84 Å². The molecule has 1 aliphatic rings. The van der Waals surface area contributed by atoms with Crippen LogP contribution in [0.3, 0.4) is 0 Å². The van der Waals surface area contributed by atoms with Gasteiger partial charge in [0.15, 0.2) is 21.3 Å². The Bertz CT molecular complexity index is 725. The van der Waals surface area contributed by atoms with Gasteiger partial charge in [-0.05, 0) is 12.8 Å². The highest BCUT2D eigenvalue weighted by atomic mass is 32.2. The summed E-state index contributed by atoms with van der Waals surface area (Å²) < 4.78 is 25.2. The minimum absolute atomic E-state index is 0.103. The maximum Gasteiger partial charge on any atom is 0.180 e. The average Bonchev–Trinajstić information content (AvgIpc) is 2.85. The number of hydrogen-bond acceptors (Lipinski definition) is 6. The zero-order valence-electron chi connectivity index (χ0n) is 11.2. The first kappa shape index (κ1) is 13.2. The number of fused-ring (bicyclic) bond motifs is 1. The van der Waals surface area contributed by atoms with Gasteiger partial charge in [-0.2, -0.15) is 0 Å². The van der Waals surface area contributed by atoms with E-state index in [1.807, 2.05) is 16.8 Å². The fraction of sp³-hybridized carbons (Fsp3) is 0.500. The molecule has 2 aromatic rings. The highest BCUT2D eigenvalue weighted by Gasteiger charge is 2.25. The Kier molecular flexibility index (Phi) is 3.25. The summed E-state index contributed by atoms with van der Waals surface area (Å²) in [5, 5.41) is 6.21. The minimum Gasteiger partial charge on any atom is -0.372 e. The molecule has 0 spiro atoms. The number of sulfone groups is 1. The first-order valence-corrected chi connectivity index (χ1v) is 8.38. The SMILES string of the molecule is CNc1cn2ccnc2c(NC2CCCS(=O)(=O)C2)n1. The predicted molar refractivity (Wildman–Crippen MR) is 77.8 cm³/mol. The number of nitrogens with one attached hydrogen (secondary N) is 2. The van der Waals surface area contributed by atoms with Crippen LogP contribution in [0.1, 0.15) is 12.8 Å². The zero-order chi connectivity index (χ0) is 14.2. The molecular weight excluding hydrogens is 278 g/mol. The molecule has 7 nitrogen and oxygen atoms in total. The lowest BCUT2D eigenvalue weighted by molar-refractivity contribution is 0.561. The van der Waals surface area contributed by atoms with Crippen LogP contribution in [0.4, 0.5) is 11.6 Å². The second kappa shape index (κ2) is 4.93. The molecule has 1 unspecified atom stereocenters. The molecule has 20 heavy (non-hydrogen) atoms. The van der Waals surface area contributed by atoms with Crippen molar-refractivity contribution in [2.45, 2.75) is 18.9 Å². The summed E-state index contributed by atoms with van der Waals surface area (Å²) in [5.41, 5.74) is 0.701. The van der Waals surface area contributed by atoms with Crippen LogP contribution < -0.4 is 10.6 Å². The summed E-state index contributed by atoms with van der Waals surface area (Å²) in [6, 6.07) is -0.103. The maximum atomic E-state index is 11.7. The van der Waals surface area contributed by atoms with E-state index in [9.17, 15) is 8.42 Å². The lowest BCUT2D eigenvalue weighted by atomic mass is 10.2. The third-order valence-electron chi connectivity index (χ3n) is 3.43. The zero-order valence-corrected chi connectivity index (χ0v) is 12.0. The van der Waals surface area contributed by atoms with Crippen molar-refractivity contribution in [3.05, 3.63) is 18.6 Å². The van der Waals surface area contributed by atoms with Gasteiger partial charge in [-0.3, -0.25) is 0 Å². The molecule has 1 fully saturated rings. The number of anilines is 2. The molecule has 0 aliphatic carbocycles. The summed E-state index contributed by atoms with van der Waals surface area (Å²) in [6.45, 7) is 0. The fourth-order valence-electron chi connectivity index (χ4n) is 2.48. The summed E-state index contributed by atoms with van der Waals surface area (Å²) in [4.78, 5) is 8.69. The van der Waals surface area contributed by atoms with E-state index in [4.69, 9.17) is 0 Å². The summed E-state index contributed by atoms with van der Waals surface area (Å²) >= 11 is 0. The van der Waals surface area contributed by atoms with Crippen molar-refractivity contribution in [3.8, 4) is 0 Å². The molecule has 0 radical (unpaired) electrons. The summed E-state index contributed by atoms with van der Waals surface area (Å²) in [5.74, 6) is 1.76. The van der Waals surface area contributed by atoms with Crippen molar-refractivity contribution in [2.75, 3.05) is 29.2 Å². The van der Waals surface area contributed by atoms with Crippen molar-refractivity contribution >= 4 is 27.1 Å². The molecule has 2 aromatic heterocycles. The number of imidazole rings is 1. The highest BCUT2D eigenvalue weighted by molar-refractivity contribution is 7.91. The quantitative estimate of drug-likeness (QED) is 0.869. The standard InChI is InChI=1S/C12H17N5O2S/c1-13-10-7-17-5-4-14-12(17)11(16-10)15-9-3-2-6-20(18,19)8-9/h4-5,7,9,13H,2-3,6,8H2,1H3,(H,15,16). The molecule has 2 N–H and O–H groups in total. The molecule has 8 heteroatoms. The average molecular weight is 295 g/mol. The third kappa shape index (κ3) is 2.55. The molecule has 108 valence electrons. The molecule has 1 atom stereocenters. The monoisotopic (exact) mass is 295 g/mol. The molecule has 1 saturated heterocycles. The van der Waals surface area contributed by atoms with Gasteiger partial charge in [0.05, 0.1) is 17.7 Å². The fourth-order valence-corrected chi connectivity index (χ4v) is 4.12. The minimum atomic E-state index is -2.94. The van der Waals surface area contributed by atoms with E-state index in [2.05, 4.69) is 20.6 Å². The lowest BCUT2D eigenvalue weighted by Crippen LogP contribution is -2.35. The summed E-state index contributed by atoms with van der Waals surface area (Å²) in [7, 11) is -1.15. The van der Waals surface area contributed by atoms with Crippen LogP contribution in [0.25, 0.3) is 5.65 Å². The number of rotatable bonds is 3. The Hall–Kier alpha value is -1.83. The van der Waals surface area contributed by atoms with Crippen LogP contribution in [0.5, 0.6) is 0 Å². The molecule has 0 aromatic carbocycles. The van der Waals surface area contributed by atoms with Crippen LogP contribution in [0, 0.1) is 0 Å². The van der Waals surface area contributed by atoms with Crippen LogP contribution in [0.2, 0.25) is 0 Å². The van der Waals surface area contributed by atoms with Crippen molar-refractivity contribution in [2.24, 2.45) is 0 Å². The maximum absolute atomic E-state index is 11.7. The molecule has 3 rings (SSSR count). The first-order valence-electron chi connectivity index (χ1n) is 6.56. The van der Waals surface area contributed by atoms with Gasteiger partial charge in [0, 0.05) is 25.5 Å². The molecule has 0 saturated carbocycles. The number of aromatic nitrogens is 3. The van der Waals surface area contributed by atoms with E-state index in [1.165, 1.54) is 0 Å². The molecule has 0 bridgehead atoms. The third-order valence-corrected chi connectivity index (χ3v) is 5.26. The largest absolute Gasteiger partial charge is 0.372 e. The Morgan fingerprint density at radius 1 is 1.45 bits per heavy atom. The summed E-state index contributed by atoms with van der Waals surface area (Å²) in [6.07, 6.45) is 6.89. The van der Waals surface area contributed by atoms with Crippen molar-refractivity contribution in [3.63, 3.8) is 0 Å². The van der Waals surface area contributed by atoms with E-state index >= 15 is 0 Å². The van der Waals surface area contributed by atoms with Gasteiger partial charge in [0.1, 0.15) is 5.82 Å². The highest BCUT2D eigenvalue weighted by Crippen LogP contribution is 2.21. The topological polar surface area (TPSA) is 88.4 Å². The van der Waals surface area contributed by atoms with Gasteiger partial charge in [0.25, 0.3) is 0 Å². The van der Waals surface area contributed by atoms with Crippen molar-refractivity contribution in [1.29, 1.82) is 0 Å². The Balaban J connectivity index is 1.91. The Morgan fingerprint density at radius 3 is 3.05 bits per heavy atom. The van der Waals surface area contributed by atoms with E-state index in [0.29, 0.717) is 23.7 Å². The number of hydrogen-bond donors (Lipinski definition) is 2. The molecule has 0 amide bonds. The molecular formula is C12H17N5O2S. The lowest BCUT2D eigenvalue weighted by Gasteiger charge is -2.23. The first-order chi connectivity index (χ1) is 9.57. The van der Waals surface area contributed by atoms with Gasteiger partial charge in [-0.25, -0.2) is 18.4 Å². The smallest absolute Gasteiger partial charge is 0.180 e.